The van der Waals surface area contributed by atoms with E-state index in [0.717, 1.165) is 16.8 Å². The van der Waals surface area contributed by atoms with Gasteiger partial charge in [-0.3, -0.25) is 9.59 Å². The van der Waals surface area contributed by atoms with Crippen molar-refractivity contribution in [2.75, 3.05) is 18.4 Å². The molecular weight excluding hydrogens is 240 g/mol. The van der Waals surface area contributed by atoms with E-state index in [1.807, 2.05) is 32.0 Å². The van der Waals surface area contributed by atoms with Gasteiger partial charge in [-0.25, -0.2) is 0 Å². The lowest BCUT2D eigenvalue weighted by molar-refractivity contribution is -0.132. The van der Waals surface area contributed by atoms with E-state index >= 15 is 0 Å². The first-order valence-electron chi connectivity index (χ1n) is 6.17. The fraction of sp³-hybridized carbons (Fsp3) is 0.333. The third kappa shape index (κ3) is 4.95. The summed E-state index contributed by atoms with van der Waals surface area (Å²) in [4.78, 5) is 24.6. The summed E-state index contributed by atoms with van der Waals surface area (Å²) in [7, 11) is 0. The van der Waals surface area contributed by atoms with Crippen LogP contribution in [0.3, 0.4) is 0 Å². The molecule has 1 N–H and O–H groups in total. The lowest BCUT2D eigenvalue weighted by Gasteiger charge is -2.18. The van der Waals surface area contributed by atoms with Crippen LogP contribution in [0.25, 0.3) is 0 Å². The van der Waals surface area contributed by atoms with Crippen molar-refractivity contribution in [3.8, 4) is 0 Å². The monoisotopic (exact) mass is 260 g/mol. The number of hydrogen-bond acceptors (Lipinski definition) is 2. The highest BCUT2D eigenvalue weighted by atomic mass is 16.2. The Balaban J connectivity index is 2.68. The average Bonchev–Trinajstić information content (AvgIpc) is 2.26. The third-order valence-electron chi connectivity index (χ3n) is 2.63. The van der Waals surface area contributed by atoms with Gasteiger partial charge in [-0.15, -0.1) is 6.58 Å². The molecule has 1 aromatic carbocycles. The largest absolute Gasteiger partial charge is 0.330 e. The Kier molecular flexibility index (Phi) is 5.30. The molecule has 0 aliphatic carbocycles. The maximum Gasteiger partial charge on any atom is 0.244 e. The minimum absolute atomic E-state index is 0.0361. The van der Waals surface area contributed by atoms with E-state index < -0.39 is 0 Å². The summed E-state index contributed by atoms with van der Waals surface area (Å²) in [6, 6.07) is 5.84. The average molecular weight is 260 g/mol. The van der Waals surface area contributed by atoms with Gasteiger partial charge in [0.25, 0.3) is 0 Å². The quantitative estimate of drug-likeness (QED) is 0.826. The minimum atomic E-state index is -0.206. The Hall–Kier alpha value is -2.10. The van der Waals surface area contributed by atoms with Crippen LogP contribution in [0.5, 0.6) is 0 Å². The first kappa shape index (κ1) is 15.0. The van der Waals surface area contributed by atoms with Crippen molar-refractivity contribution in [2.24, 2.45) is 0 Å². The normalized spacial score (nSPS) is 9.84. The molecule has 19 heavy (non-hydrogen) atoms. The first-order valence-corrected chi connectivity index (χ1v) is 6.17. The molecule has 0 spiro atoms. The molecule has 0 heterocycles. The molecule has 0 saturated carbocycles. The van der Waals surface area contributed by atoms with Crippen LogP contribution in [0.15, 0.2) is 30.9 Å². The second-order valence-electron chi connectivity index (χ2n) is 4.61. The first-order chi connectivity index (χ1) is 8.92. The molecule has 4 nitrogen and oxygen atoms in total. The van der Waals surface area contributed by atoms with Gasteiger partial charge in [0.05, 0.1) is 0 Å². The second kappa shape index (κ2) is 6.73. The molecule has 0 fully saturated rings. The van der Waals surface area contributed by atoms with Crippen LogP contribution in [0, 0.1) is 13.8 Å². The van der Waals surface area contributed by atoms with Crippen LogP contribution in [0.2, 0.25) is 0 Å². The van der Waals surface area contributed by atoms with Crippen molar-refractivity contribution in [2.45, 2.75) is 20.8 Å². The lowest BCUT2D eigenvalue weighted by Crippen LogP contribution is -2.36. The smallest absolute Gasteiger partial charge is 0.244 e. The maximum absolute atomic E-state index is 11.9. The Labute approximate surface area is 114 Å². The zero-order valence-electron chi connectivity index (χ0n) is 11.7. The molecule has 102 valence electrons. The zero-order valence-corrected chi connectivity index (χ0v) is 11.7. The molecular formula is C15H20N2O2. The van der Waals surface area contributed by atoms with Gasteiger partial charge in [0, 0.05) is 19.2 Å². The van der Waals surface area contributed by atoms with Crippen LogP contribution in [-0.4, -0.2) is 29.8 Å². The van der Waals surface area contributed by atoms with Crippen LogP contribution >= 0.6 is 0 Å². The van der Waals surface area contributed by atoms with Gasteiger partial charge in [0.15, 0.2) is 0 Å². The number of aryl methyl sites for hydroxylation is 2. The van der Waals surface area contributed by atoms with E-state index in [9.17, 15) is 9.59 Å². The van der Waals surface area contributed by atoms with Crippen LogP contribution in [-0.2, 0) is 9.59 Å². The van der Waals surface area contributed by atoms with E-state index in [4.69, 9.17) is 0 Å². The SMILES string of the molecule is C=CCN(CC(=O)Nc1cc(C)cc(C)c1)C(C)=O. The van der Waals surface area contributed by atoms with Crippen molar-refractivity contribution in [1.82, 2.24) is 4.90 Å². The van der Waals surface area contributed by atoms with E-state index in [1.54, 1.807) is 6.08 Å². The molecule has 0 aliphatic heterocycles. The van der Waals surface area contributed by atoms with Crippen LogP contribution in [0.4, 0.5) is 5.69 Å². The minimum Gasteiger partial charge on any atom is -0.330 e. The van der Waals surface area contributed by atoms with Gasteiger partial charge in [-0.2, -0.15) is 0 Å². The molecule has 0 unspecified atom stereocenters. The van der Waals surface area contributed by atoms with Gasteiger partial charge < -0.3 is 10.2 Å². The number of carbonyl (C=O) groups is 2. The van der Waals surface area contributed by atoms with Crippen molar-refractivity contribution in [1.29, 1.82) is 0 Å². The second-order valence-corrected chi connectivity index (χ2v) is 4.61. The molecule has 1 aromatic rings. The van der Waals surface area contributed by atoms with E-state index in [0.29, 0.717) is 6.54 Å². The van der Waals surface area contributed by atoms with E-state index in [1.165, 1.54) is 11.8 Å². The number of nitrogens with zero attached hydrogens (tertiary/aromatic N) is 1. The van der Waals surface area contributed by atoms with Gasteiger partial charge >= 0.3 is 0 Å². The van der Waals surface area contributed by atoms with Crippen molar-refractivity contribution in [3.63, 3.8) is 0 Å². The Bertz CT molecular complexity index is 475. The summed E-state index contributed by atoms with van der Waals surface area (Å²) in [5, 5.41) is 2.80. The van der Waals surface area contributed by atoms with Gasteiger partial charge in [0.2, 0.25) is 11.8 Å². The van der Waals surface area contributed by atoms with Crippen molar-refractivity contribution < 1.29 is 9.59 Å². The van der Waals surface area contributed by atoms with E-state index in [-0.39, 0.29) is 18.4 Å². The Morgan fingerprint density at radius 3 is 2.32 bits per heavy atom. The standard InChI is InChI=1S/C15H20N2O2/c1-5-6-17(13(4)18)10-15(19)16-14-8-11(2)7-12(3)9-14/h5,7-9H,1,6,10H2,2-4H3,(H,16,19). The lowest BCUT2D eigenvalue weighted by atomic mass is 10.1. The fourth-order valence-corrected chi connectivity index (χ4v) is 1.88. The zero-order chi connectivity index (χ0) is 14.4. The molecule has 0 bridgehead atoms. The number of carbonyl (C=O) groups excluding carboxylic acids is 2. The highest BCUT2D eigenvalue weighted by molar-refractivity contribution is 5.94. The Morgan fingerprint density at radius 2 is 1.84 bits per heavy atom. The topological polar surface area (TPSA) is 49.4 Å². The summed E-state index contributed by atoms with van der Waals surface area (Å²) in [5.74, 6) is -0.350. The molecule has 0 saturated heterocycles. The van der Waals surface area contributed by atoms with Gasteiger partial charge in [-0.05, 0) is 37.1 Å². The Morgan fingerprint density at radius 1 is 1.26 bits per heavy atom. The van der Waals surface area contributed by atoms with Crippen LogP contribution in [0.1, 0.15) is 18.1 Å². The number of benzene rings is 1. The van der Waals surface area contributed by atoms with E-state index in [2.05, 4.69) is 11.9 Å². The van der Waals surface area contributed by atoms with Gasteiger partial charge in [-0.1, -0.05) is 12.1 Å². The molecule has 0 aliphatic rings. The molecule has 4 heteroatoms. The predicted molar refractivity (Wildman–Crippen MR) is 77.0 cm³/mol. The van der Waals surface area contributed by atoms with Crippen molar-refractivity contribution in [3.05, 3.63) is 42.0 Å². The summed E-state index contributed by atoms with van der Waals surface area (Å²) < 4.78 is 0. The molecule has 2 amide bonds. The summed E-state index contributed by atoms with van der Waals surface area (Å²) in [6.07, 6.45) is 1.60. The highest BCUT2D eigenvalue weighted by Gasteiger charge is 2.12. The predicted octanol–water partition coefficient (Wildman–Crippen LogP) is 2.28. The summed E-state index contributed by atoms with van der Waals surface area (Å²) in [5.41, 5.74) is 2.93. The molecule has 0 atom stereocenters. The number of rotatable bonds is 5. The number of anilines is 1. The third-order valence-corrected chi connectivity index (χ3v) is 2.63. The number of amides is 2. The fourth-order valence-electron chi connectivity index (χ4n) is 1.88. The number of nitrogens with one attached hydrogen (secondary N) is 1. The van der Waals surface area contributed by atoms with Gasteiger partial charge in [0.1, 0.15) is 6.54 Å². The maximum atomic E-state index is 11.9. The number of hydrogen-bond donors (Lipinski definition) is 1. The summed E-state index contributed by atoms with van der Waals surface area (Å²) in [6.45, 7) is 9.37. The molecule has 1 rings (SSSR count). The molecule has 0 aromatic heterocycles. The van der Waals surface area contributed by atoms with Crippen LogP contribution < -0.4 is 5.32 Å². The summed E-state index contributed by atoms with van der Waals surface area (Å²) >= 11 is 0. The highest BCUT2D eigenvalue weighted by Crippen LogP contribution is 2.13. The van der Waals surface area contributed by atoms with Crippen molar-refractivity contribution >= 4 is 17.5 Å². The molecule has 0 radical (unpaired) electrons.